The van der Waals surface area contributed by atoms with Gasteiger partial charge in [0.2, 0.25) is 0 Å². The van der Waals surface area contributed by atoms with E-state index in [0.717, 1.165) is 47.2 Å². The number of hydrogen-bond donors (Lipinski definition) is 3. The summed E-state index contributed by atoms with van der Waals surface area (Å²) >= 11 is 0. The summed E-state index contributed by atoms with van der Waals surface area (Å²) in [7, 11) is 0. The van der Waals surface area contributed by atoms with E-state index in [1.807, 2.05) is 72.5 Å². The molecule has 9 heteroatoms. The van der Waals surface area contributed by atoms with Crippen LogP contribution in [0, 0.1) is 10.8 Å². The number of nitrogens with one attached hydrogen (secondary N) is 2. The zero-order valence-electron chi connectivity index (χ0n) is 21.0. The van der Waals surface area contributed by atoms with E-state index in [1.165, 1.54) is 0 Å². The van der Waals surface area contributed by atoms with Crippen molar-refractivity contribution in [1.29, 1.82) is 10.8 Å². The molecule has 1 unspecified atom stereocenters. The van der Waals surface area contributed by atoms with E-state index in [-0.39, 0.29) is 42.7 Å². The molecule has 1 heterocycles. The zero-order valence-corrected chi connectivity index (χ0v) is 22.7. The Balaban J connectivity index is 0.00000241. The number of ether oxygens (including phenoxy) is 2. The number of carbonyl (C=O) groups is 1. The van der Waals surface area contributed by atoms with E-state index in [4.69, 9.17) is 26.0 Å². The van der Waals surface area contributed by atoms with E-state index in [9.17, 15) is 4.79 Å². The average molecular weight is 546 g/mol. The minimum absolute atomic E-state index is 0. The van der Waals surface area contributed by atoms with Crippen molar-refractivity contribution in [2.45, 2.75) is 38.7 Å². The molecule has 0 aromatic heterocycles. The lowest BCUT2D eigenvalue weighted by Gasteiger charge is -2.19. The number of likely N-dealkylation sites (tertiary alicyclic amines) is 1. The zero-order chi connectivity index (χ0) is 24.9. The first-order chi connectivity index (χ1) is 16.8. The predicted molar refractivity (Wildman–Crippen MR) is 153 cm³/mol. The molecular weight excluding hydrogens is 511 g/mol. The second-order valence-electron chi connectivity index (χ2n) is 8.95. The van der Waals surface area contributed by atoms with Gasteiger partial charge in [-0.2, -0.15) is 0 Å². The van der Waals surface area contributed by atoms with Gasteiger partial charge in [-0.15, -0.1) is 24.8 Å². The molecule has 4 N–H and O–H groups in total. The lowest BCUT2D eigenvalue weighted by molar-refractivity contribution is -0.144. The molecule has 3 aromatic rings. The van der Waals surface area contributed by atoms with Crippen molar-refractivity contribution in [3.05, 3.63) is 77.4 Å². The van der Waals surface area contributed by atoms with Crippen LogP contribution in [0.15, 0.2) is 60.7 Å². The number of rotatable bonds is 8. The molecule has 0 aliphatic carbocycles. The van der Waals surface area contributed by atoms with Crippen molar-refractivity contribution in [2.75, 3.05) is 19.7 Å². The number of benzene rings is 3. The number of fused-ring (bicyclic) bond motifs is 1. The number of nitrogens with zero attached hydrogens (tertiary/aromatic N) is 1. The van der Waals surface area contributed by atoms with Crippen molar-refractivity contribution in [3.63, 3.8) is 0 Å². The van der Waals surface area contributed by atoms with Gasteiger partial charge >= 0.3 is 5.97 Å². The molecule has 0 spiro atoms. The van der Waals surface area contributed by atoms with Gasteiger partial charge in [0.1, 0.15) is 17.7 Å². The smallest absolute Gasteiger partial charge is 0.313 e. The molecule has 1 aliphatic rings. The van der Waals surface area contributed by atoms with Crippen molar-refractivity contribution < 1.29 is 14.3 Å². The van der Waals surface area contributed by atoms with Gasteiger partial charge in [-0.25, -0.2) is 0 Å². The van der Waals surface area contributed by atoms with Crippen LogP contribution in [0.1, 0.15) is 42.9 Å². The van der Waals surface area contributed by atoms with Crippen LogP contribution >= 0.6 is 24.8 Å². The highest BCUT2D eigenvalue weighted by Gasteiger charge is 2.25. The summed E-state index contributed by atoms with van der Waals surface area (Å²) in [6, 6.07) is 19.4. The molecule has 0 amide bonds. The summed E-state index contributed by atoms with van der Waals surface area (Å²) in [5.74, 6) is 0.650. The molecule has 37 heavy (non-hydrogen) atoms. The Hall–Kier alpha value is -3.29. The summed E-state index contributed by atoms with van der Waals surface area (Å²) in [6.07, 6.45) is 1.44. The highest BCUT2D eigenvalue weighted by Crippen LogP contribution is 2.28. The van der Waals surface area contributed by atoms with Gasteiger partial charge < -0.3 is 20.1 Å². The summed E-state index contributed by atoms with van der Waals surface area (Å²) in [4.78, 5) is 14.9. The van der Waals surface area contributed by atoms with Crippen LogP contribution in [-0.2, 0) is 16.0 Å². The van der Waals surface area contributed by atoms with E-state index < -0.39 is 5.92 Å². The molecule has 1 aliphatic heterocycles. The monoisotopic (exact) mass is 544 g/mol. The fourth-order valence-corrected chi connectivity index (χ4v) is 4.51. The number of amidine groups is 2. The van der Waals surface area contributed by atoms with Gasteiger partial charge in [0.15, 0.2) is 0 Å². The van der Waals surface area contributed by atoms with Crippen LogP contribution in [0.3, 0.4) is 0 Å². The normalized spacial score (nSPS) is 15.3. The Bertz CT molecular complexity index is 1250. The highest BCUT2D eigenvalue weighted by molar-refractivity contribution is 5.99. The molecule has 0 saturated carbocycles. The second kappa shape index (κ2) is 13.3. The van der Waals surface area contributed by atoms with Crippen LogP contribution < -0.4 is 10.5 Å². The molecule has 1 fully saturated rings. The SMILES string of the molecule is CCOC(=O)C(Cc1ccc2ccc(C(=N)N)cc2c1)c1ccc(O[C@H]2CCN(C(C)=N)C2)cc1.Cl.Cl. The maximum absolute atomic E-state index is 12.9. The molecule has 0 radical (unpaired) electrons. The van der Waals surface area contributed by atoms with Crippen molar-refractivity contribution >= 4 is 53.2 Å². The Morgan fingerprint density at radius 3 is 2.38 bits per heavy atom. The minimum atomic E-state index is -0.444. The Morgan fingerprint density at radius 2 is 1.76 bits per heavy atom. The molecule has 3 aromatic carbocycles. The number of nitrogens with two attached hydrogens (primary N) is 1. The van der Waals surface area contributed by atoms with Crippen LogP contribution in [0.5, 0.6) is 5.75 Å². The van der Waals surface area contributed by atoms with Crippen molar-refractivity contribution in [1.82, 2.24) is 4.90 Å². The van der Waals surface area contributed by atoms with Crippen LogP contribution in [0.4, 0.5) is 0 Å². The van der Waals surface area contributed by atoms with Crippen molar-refractivity contribution in [2.24, 2.45) is 5.73 Å². The highest BCUT2D eigenvalue weighted by atomic mass is 35.5. The first kappa shape index (κ1) is 29.9. The van der Waals surface area contributed by atoms with Crippen LogP contribution in [0.25, 0.3) is 10.8 Å². The molecule has 4 rings (SSSR count). The predicted octanol–water partition coefficient (Wildman–Crippen LogP) is 5.31. The number of carbonyl (C=O) groups excluding carboxylic acids is 1. The molecule has 1 saturated heterocycles. The van der Waals surface area contributed by atoms with Crippen LogP contribution in [-0.4, -0.2) is 48.3 Å². The fourth-order valence-electron chi connectivity index (χ4n) is 4.51. The topological polar surface area (TPSA) is 112 Å². The lowest BCUT2D eigenvalue weighted by atomic mass is 9.91. The second-order valence-corrected chi connectivity index (χ2v) is 8.95. The number of nitrogen functional groups attached to an aromatic ring is 1. The third kappa shape index (κ3) is 7.37. The third-order valence-electron chi connectivity index (χ3n) is 6.43. The van der Waals surface area contributed by atoms with E-state index in [1.54, 1.807) is 6.92 Å². The van der Waals surface area contributed by atoms with Gasteiger partial charge in [0, 0.05) is 18.5 Å². The third-order valence-corrected chi connectivity index (χ3v) is 6.43. The summed E-state index contributed by atoms with van der Waals surface area (Å²) in [6.45, 7) is 5.48. The lowest BCUT2D eigenvalue weighted by Crippen LogP contribution is -2.28. The van der Waals surface area contributed by atoms with Crippen LogP contribution in [0.2, 0.25) is 0 Å². The van der Waals surface area contributed by atoms with E-state index in [2.05, 4.69) is 0 Å². The Morgan fingerprint density at radius 1 is 1.05 bits per heavy atom. The maximum Gasteiger partial charge on any atom is 0.313 e. The summed E-state index contributed by atoms with van der Waals surface area (Å²) in [5, 5.41) is 17.5. The molecule has 7 nitrogen and oxygen atoms in total. The standard InChI is InChI=1S/C28H32N4O3.2ClH/c1-3-34-28(33)26(15-19-4-5-20-6-7-22(27(30)31)16-23(20)14-19)21-8-10-24(11-9-21)35-25-12-13-32(17-25)18(2)29;;/h4-11,14,16,25-26,29H,3,12-13,15,17H2,1-2H3,(H3,30,31);2*1H/t25-,26?;;/m0../s1. The first-order valence-electron chi connectivity index (χ1n) is 11.9. The minimum Gasteiger partial charge on any atom is -0.489 e. The summed E-state index contributed by atoms with van der Waals surface area (Å²) in [5.41, 5.74) is 8.21. The quantitative estimate of drug-likeness (QED) is 0.202. The molecule has 2 atom stereocenters. The van der Waals surface area contributed by atoms with Gasteiger partial charge in [0.25, 0.3) is 0 Å². The van der Waals surface area contributed by atoms with Gasteiger partial charge in [-0.1, -0.05) is 42.5 Å². The molecule has 0 bridgehead atoms. The van der Waals surface area contributed by atoms with Gasteiger partial charge in [-0.05, 0) is 60.4 Å². The van der Waals surface area contributed by atoms with Gasteiger partial charge in [-0.3, -0.25) is 15.6 Å². The molecule has 198 valence electrons. The van der Waals surface area contributed by atoms with E-state index >= 15 is 0 Å². The fraction of sp³-hybridized carbons (Fsp3) is 0.321. The average Bonchev–Trinajstić information content (AvgIpc) is 3.31. The number of halogens is 2. The number of hydrogen-bond acceptors (Lipinski definition) is 5. The Labute approximate surface area is 230 Å². The Kier molecular flexibility index (Phi) is 10.8. The number of esters is 1. The van der Waals surface area contributed by atoms with Crippen molar-refractivity contribution in [3.8, 4) is 5.75 Å². The first-order valence-corrected chi connectivity index (χ1v) is 11.9. The largest absolute Gasteiger partial charge is 0.489 e. The van der Waals surface area contributed by atoms with E-state index in [0.29, 0.717) is 24.4 Å². The summed E-state index contributed by atoms with van der Waals surface area (Å²) < 4.78 is 11.5. The maximum atomic E-state index is 12.9. The van der Waals surface area contributed by atoms with Gasteiger partial charge in [0.05, 0.1) is 24.9 Å². The molecular formula is C28H34Cl2N4O3.